The number of nitriles is 1. The number of morpholine rings is 1. The molecule has 6 heteroatoms. The van der Waals surface area contributed by atoms with Crippen LogP contribution in [0.15, 0.2) is 18.2 Å². The van der Waals surface area contributed by atoms with E-state index in [1.165, 1.54) is 0 Å². The van der Waals surface area contributed by atoms with Crippen LogP contribution in [0.1, 0.15) is 42.6 Å². The summed E-state index contributed by atoms with van der Waals surface area (Å²) in [5.74, 6) is 0.0183. The highest BCUT2D eigenvalue weighted by molar-refractivity contribution is 7.89. The number of benzene rings is 1. The molecule has 0 amide bonds. The first-order chi connectivity index (χ1) is 10.8. The summed E-state index contributed by atoms with van der Waals surface area (Å²) in [4.78, 5) is 0. The summed E-state index contributed by atoms with van der Waals surface area (Å²) in [5.41, 5.74) is 3.29. The quantitative estimate of drug-likeness (QED) is 0.775. The van der Waals surface area contributed by atoms with Crippen LogP contribution in [0.2, 0.25) is 0 Å². The summed E-state index contributed by atoms with van der Waals surface area (Å²) in [7, 11) is -3.37. The maximum atomic E-state index is 12.6. The van der Waals surface area contributed by atoms with Crippen LogP contribution < -0.4 is 0 Å². The van der Waals surface area contributed by atoms with E-state index in [4.69, 9.17) is 10.00 Å². The third-order valence-corrected chi connectivity index (χ3v) is 6.23. The van der Waals surface area contributed by atoms with E-state index in [1.54, 1.807) is 4.31 Å². The summed E-state index contributed by atoms with van der Waals surface area (Å²) in [5, 5.41) is 8.59. The monoisotopic (exact) mass is 336 g/mol. The molecule has 1 fully saturated rings. The summed E-state index contributed by atoms with van der Waals surface area (Å²) in [6.45, 7) is 6.61. The average molecular weight is 336 g/mol. The van der Waals surface area contributed by atoms with Gasteiger partial charge in [-0.2, -0.15) is 9.57 Å². The fourth-order valence-corrected chi connectivity index (χ4v) is 4.58. The van der Waals surface area contributed by atoms with Crippen LogP contribution >= 0.6 is 0 Å². The van der Waals surface area contributed by atoms with Gasteiger partial charge in [-0.05, 0) is 38.3 Å². The third-order valence-electron chi connectivity index (χ3n) is 4.21. The number of hydrogen-bond donors (Lipinski definition) is 0. The Hall–Kier alpha value is -1.42. The zero-order valence-electron chi connectivity index (χ0n) is 13.9. The second-order valence-electron chi connectivity index (χ2n) is 6.18. The first kappa shape index (κ1) is 17.9. The van der Waals surface area contributed by atoms with Gasteiger partial charge in [0.05, 0.1) is 24.5 Å². The number of sulfonamides is 1. The molecular formula is C17H24N2O3S. The zero-order valence-corrected chi connectivity index (χ0v) is 14.8. The van der Waals surface area contributed by atoms with Gasteiger partial charge in [0.15, 0.2) is 0 Å². The first-order valence-corrected chi connectivity index (χ1v) is 9.51. The fraction of sp³-hybridized carbons (Fsp3) is 0.588. The second-order valence-corrected chi connectivity index (χ2v) is 8.22. The molecule has 0 spiro atoms. The minimum atomic E-state index is -3.37. The molecule has 0 saturated carbocycles. The highest BCUT2D eigenvalue weighted by atomic mass is 32.2. The summed E-state index contributed by atoms with van der Waals surface area (Å²) in [6, 6.07) is 7.97. The van der Waals surface area contributed by atoms with Crippen LogP contribution in [0, 0.1) is 25.2 Å². The van der Waals surface area contributed by atoms with E-state index in [9.17, 15) is 8.42 Å². The lowest BCUT2D eigenvalue weighted by atomic mass is 9.99. The number of ether oxygens (including phenoxy) is 1. The van der Waals surface area contributed by atoms with Gasteiger partial charge in [-0.25, -0.2) is 8.42 Å². The van der Waals surface area contributed by atoms with Gasteiger partial charge in [-0.3, -0.25) is 0 Å². The van der Waals surface area contributed by atoms with Gasteiger partial charge in [0.1, 0.15) is 0 Å². The van der Waals surface area contributed by atoms with E-state index in [1.807, 2.05) is 39.0 Å². The molecule has 0 bridgehead atoms. The van der Waals surface area contributed by atoms with E-state index in [0.29, 0.717) is 19.6 Å². The number of hydrogen-bond acceptors (Lipinski definition) is 4. The average Bonchev–Trinajstić information content (AvgIpc) is 2.50. The maximum Gasteiger partial charge on any atom is 0.214 e. The molecular weight excluding hydrogens is 312 g/mol. The van der Waals surface area contributed by atoms with Crippen molar-refractivity contribution in [1.82, 2.24) is 4.31 Å². The lowest BCUT2D eigenvalue weighted by Crippen LogP contribution is -2.49. The Morgan fingerprint density at radius 3 is 2.83 bits per heavy atom. The Bertz CT molecular complexity index is 694. The van der Waals surface area contributed by atoms with Gasteiger partial charge >= 0.3 is 0 Å². The largest absolute Gasteiger partial charge is 0.370 e. The standard InChI is InChI=1S/C17H24N2O3S/c1-13-6-7-14(2)16(10-13)17-11-19(15(3)12-22-17)23(20,21)9-5-4-8-18/h6-7,10,15,17H,4-5,9,11-12H2,1-3H3/t15-,17-/m1/s1. The Balaban J connectivity index is 2.19. The summed E-state index contributed by atoms with van der Waals surface area (Å²) in [6.07, 6.45) is 0.395. The molecule has 1 saturated heterocycles. The van der Waals surface area contributed by atoms with Gasteiger partial charge in [-0.15, -0.1) is 0 Å². The van der Waals surface area contributed by atoms with Gasteiger partial charge in [0, 0.05) is 19.0 Å². The van der Waals surface area contributed by atoms with Crippen LogP contribution in [0.5, 0.6) is 0 Å². The van der Waals surface area contributed by atoms with Gasteiger partial charge in [-0.1, -0.05) is 23.8 Å². The van der Waals surface area contributed by atoms with Gasteiger partial charge in [0.2, 0.25) is 10.0 Å². The predicted molar refractivity (Wildman–Crippen MR) is 89.4 cm³/mol. The van der Waals surface area contributed by atoms with Crippen LogP contribution in [0.4, 0.5) is 0 Å². The highest BCUT2D eigenvalue weighted by Gasteiger charge is 2.35. The molecule has 0 aliphatic carbocycles. The lowest BCUT2D eigenvalue weighted by Gasteiger charge is -2.37. The SMILES string of the molecule is Cc1ccc(C)c([C@H]2CN(S(=O)(=O)CCCC#N)[C@H](C)CO2)c1. The van der Waals surface area contributed by atoms with E-state index < -0.39 is 10.0 Å². The van der Waals surface area contributed by atoms with Crippen molar-refractivity contribution < 1.29 is 13.2 Å². The molecule has 5 nitrogen and oxygen atoms in total. The number of unbranched alkanes of at least 4 members (excludes halogenated alkanes) is 1. The first-order valence-electron chi connectivity index (χ1n) is 7.90. The number of rotatable bonds is 5. The number of nitrogens with zero attached hydrogens (tertiary/aromatic N) is 2. The van der Waals surface area contributed by atoms with Crippen molar-refractivity contribution in [1.29, 1.82) is 5.26 Å². The summed E-state index contributed by atoms with van der Waals surface area (Å²) < 4.78 is 32.6. The molecule has 126 valence electrons. The lowest BCUT2D eigenvalue weighted by molar-refractivity contribution is -0.0291. The molecule has 1 aliphatic rings. The van der Waals surface area contributed by atoms with Gasteiger partial charge in [0.25, 0.3) is 0 Å². The van der Waals surface area contributed by atoms with Crippen molar-refractivity contribution in [2.75, 3.05) is 18.9 Å². The molecule has 0 unspecified atom stereocenters. The van der Waals surface area contributed by atoms with Crippen molar-refractivity contribution in [3.8, 4) is 6.07 Å². The maximum absolute atomic E-state index is 12.6. The molecule has 1 aliphatic heterocycles. The molecule has 2 rings (SSSR count). The van der Waals surface area contributed by atoms with Crippen molar-refractivity contribution in [2.24, 2.45) is 0 Å². The van der Waals surface area contributed by atoms with Crippen molar-refractivity contribution in [3.63, 3.8) is 0 Å². The van der Waals surface area contributed by atoms with Gasteiger partial charge < -0.3 is 4.74 Å². The topological polar surface area (TPSA) is 70.4 Å². The normalized spacial score (nSPS) is 22.7. The second kappa shape index (κ2) is 7.43. The molecule has 2 atom stereocenters. The van der Waals surface area contributed by atoms with Crippen molar-refractivity contribution in [2.45, 2.75) is 45.8 Å². The molecule has 1 aromatic rings. The summed E-state index contributed by atoms with van der Waals surface area (Å²) >= 11 is 0. The Morgan fingerprint density at radius 1 is 1.39 bits per heavy atom. The van der Waals surface area contributed by atoms with Crippen LogP contribution in [0.25, 0.3) is 0 Å². The molecule has 0 aromatic heterocycles. The Morgan fingerprint density at radius 2 is 2.13 bits per heavy atom. The van der Waals surface area contributed by atoms with E-state index in [0.717, 1.165) is 16.7 Å². The molecule has 0 radical (unpaired) electrons. The molecule has 0 N–H and O–H groups in total. The van der Waals surface area contributed by atoms with Crippen LogP contribution in [-0.4, -0.2) is 37.7 Å². The Labute approximate surface area is 138 Å². The number of aryl methyl sites for hydroxylation is 2. The third kappa shape index (κ3) is 4.31. The van der Waals surface area contributed by atoms with Crippen LogP contribution in [-0.2, 0) is 14.8 Å². The molecule has 1 aromatic carbocycles. The van der Waals surface area contributed by atoms with Crippen molar-refractivity contribution >= 4 is 10.0 Å². The smallest absolute Gasteiger partial charge is 0.214 e. The minimum Gasteiger partial charge on any atom is -0.370 e. The Kier molecular flexibility index (Phi) is 5.79. The molecule has 1 heterocycles. The predicted octanol–water partition coefficient (Wildman–Crippen LogP) is 2.70. The zero-order chi connectivity index (χ0) is 17.0. The van der Waals surface area contributed by atoms with E-state index >= 15 is 0 Å². The van der Waals surface area contributed by atoms with E-state index in [-0.39, 0.29) is 24.3 Å². The van der Waals surface area contributed by atoms with E-state index in [2.05, 4.69) is 6.07 Å². The minimum absolute atomic E-state index is 0.0183. The van der Waals surface area contributed by atoms with Crippen molar-refractivity contribution in [3.05, 3.63) is 34.9 Å². The van der Waals surface area contributed by atoms with Crippen LogP contribution in [0.3, 0.4) is 0 Å². The highest BCUT2D eigenvalue weighted by Crippen LogP contribution is 2.29. The fourth-order valence-electron chi connectivity index (χ4n) is 2.87. The molecule has 23 heavy (non-hydrogen) atoms.